The highest BCUT2D eigenvalue weighted by molar-refractivity contribution is 5.49. The van der Waals surface area contributed by atoms with Gasteiger partial charge >= 0.3 is 0 Å². The summed E-state index contributed by atoms with van der Waals surface area (Å²) < 4.78 is 0. The van der Waals surface area contributed by atoms with Crippen LogP contribution in [0.3, 0.4) is 0 Å². The first-order chi connectivity index (χ1) is 22.8. The molecular formula is C44H54O4. The molecule has 4 aromatic carbocycles. The molecule has 0 saturated heterocycles. The van der Waals surface area contributed by atoms with Gasteiger partial charge in [-0.15, -0.1) is 0 Å². The molecule has 4 aromatic rings. The summed E-state index contributed by atoms with van der Waals surface area (Å²) in [6.45, 7) is 12.9. The quantitative estimate of drug-likeness (QED) is 0.161. The van der Waals surface area contributed by atoms with Gasteiger partial charge in [-0.2, -0.15) is 0 Å². The van der Waals surface area contributed by atoms with Crippen molar-refractivity contribution in [1.29, 1.82) is 0 Å². The third-order valence-corrected chi connectivity index (χ3v) is 13.3. The van der Waals surface area contributed by atoms with Crippen LogP contribution in [0.1, 0.15) is 116 Å². The number of hydrogen-bond acceptors (Lipinski definition) is 4. The predicted molar refractivity (Wildman–Crippen MR) is 195 cm³/mol. The van der Waals surface area contributed by atoms with E-state index in [9.17, 15) is 20.4 Å². The molecular weight excluding hydrogens is 592 g/mol. The molecule has 4 N–H and O–H groups in total. The normalized spacial score (nSPS) is 18.5. The topological polar surface area (TPSA) is 80.9 Å². The average Bonchev–Trinajstić information content (AvgIpc) is 3.09. The van der Waals surface area contributed by atoms with Gasteiger partial charge in [0.1, 0.15) is 23.0 Å². The van der Waals surface area contributed by atoms with E-state index in [0.717, 1.165) is 80.0 Å². The number of aryl methyl sites for hydroxylation is 4. The molecule has 254 valence electrons. The molecule has 0 amide bonds. The van der Waals surface area contributed by atoms with Crippen LogP contribution in [-0.2, 0) is 10.8 Å². The number of rotatable bonds is 7. The minimum Gasteiger partial charge on any atom is -0.508 e. The molecule has 4 heteroatoms. The van der Waals surface area contributed by atoms with Crippen LogP contribution in [0.15, 0.2) is 72.8 Å². The lowest BCUT2D eigenvalue weighted by molar-refractivity contribution is 0.0169. The van der Waals surface area contributed by atoms with Crippen molar-refractivity contribution >= 4 is 0 Å². The Hall–Kier alpha value is -3.92. The van der Waals surface area contributed by atoms with Crippen molar-refractivity contribution < 1.29 is 20.4 Å². The molecule has 2 aliphatic carbocycles. The van der Waals surface area contributed by atoms with Crippen LogP contribution < -0.4 is 0 Å². The zero-order valence-corrected chi connectivity index (χ0v) is 29.7. The highest BCUT2D eigenvalue weighted by Crippen LogP contribution is 2.58. The van der Waals surface area contributed by atoms with Crippen LogP contribution in [-0.4, -0.2) is 20.4 Å². The fourth-order valence-corrected chi connectivity index (χ4v) is 9.75. The summed E-state index contributed by atoms with van der Waals surface area (Å²) in [5.41, 5.74) is 8.56. The van der Waals surface area contributed by atoms with E-state index in [1.807, 2.05) is 52.0 Å². The van der Waals surface area contributed by atoms with E-state index < -0.39 is 0 Å². The van der Waals surface area contributed by atoms with Crippen molar-refractivity contribution in [2.75, 3.05) is 0 Å². The lowest BCUT2D eigenvalue weighted by Gasteiger charge is -2.53. The smallest absolute Gasteiger partial charge is 0.118 e. The Bertz CT molecular complexity index is 1550. The summed E-state index contributed by atoms with van der Waals surface area (Å²) in [7, 11) is 0. The standard InChI is InChI=1S/C44H54O4/c1-7-42(6,32-16-20-43(21-17-32,34-8-12-38(45)28(2)24-34)35-9-13-39(46)29(3)25-35)33-18-22-44(23-19-33,36-10-14-40(47)30(4)26-36)37-11-15-41(48)31(5)27-37/h8-15,24-27,32-33,45-48H,7,16-23H2,1-6H3. The fourth-order valence-electron chi connectivity index (χ4n) is 9.75. The lowest BCUT2D eigenvalue weighted by Crippen LogP contribution is -2.44. The van der Waals surface area contributed by atoms with Gasteiger partial charge in [0, 0.05) is 10.8 Å². The van der Waals surface area contributed by atoms with Crippen molar-refractivity contribution in [2.24, 2.45) is 17.3 Å². The maximum absolute atomic E-state index is 10.4. The van der Waals surface area contributed by atoms with Crippen molar-refractivity contribution in [2.45, 2.75) is 110 Å². The van der Waals surface area contributed by atoms with Gasteiger partial charge in [-0.1, -0.05) is 68.8 Å². The molecule has 4 nitrogen and oxygen atoms in total. The maximum atomic E-state index is 10.4. The molecule has 2 fully saturated rings. The second kappa shape index (κ2) is 12.8. The fraction of sp³-hybridized carbons (Fsp3) is 0.455. The van der Waals surface area contributed by atoms with Crippen LogP contribution in [0, 0.1) is 44.9 Å². The third kappa shape index (κ3) is 5.76. The van der Waals surface area contributed by atoms with E-state index in [0.29, 0.717) is 34.8 Å². The van der Waals surface area contributed by atoms with E-state index in [4.69, 9.17) is 0 Å². The van der Waals surface area contributed by atoms with E-state index in [-0.39, 0.29) is 16.2 Å². The van der Waals surface area contributed by atoms with Crippen LogP contribution in [0.4, 0.5) is 0 Å². The van der Waals surface area contributed by atoms with E-state index >= 15 is 0 Å². The van der Waals surface area contributed by atoms with E-state index in [1.165, 1.54) is 22.3 Å². The number of aromatic hydroxyl groups is 4. The third-order valence-electron chi connectivity index (χ3n) is 13.3. The number of benzene rings is 4. The summed E-state index contributed by atoms with van der Waals surface area (Å²) >= 11 is 0. The largest absolute Gasteiger partial charge is 0.508 e. The Morgan fingerprint density at radius 3 is 0.958 bits per heavy atom. The van der Waals surface area contributed by atoms with Crippen molar-refractivity contribution in [3.05, 3.63) is 117 Å². The first-order valence-electron chi connectivity index (χ1n) is 18.0. The molecule has 0 atom stereocenters. The minimum atomic E-state index is -0.156. The van der Waals surface area contributed by atoms with E-state index in [2.05, 4.69) is 62.4 Å². The van der Waals surface area contributed by atoms with Crippen LogP contribution in [0.5, 0.6) is 23.0 Å². The second-order valence-electron chi connectivity index (χ2n) is 15.6. The molecule has 0 unspecified atom stereocenters. The molecule has 48 heavy (non-hydrogen) atoms. The zero-order chi connectivity index (χ0) is 34.4. The molecule has 0 spiro atoms. The summed E-state index contributed by atoms with van der Waals surface area (Å²) in [4.78, 5) is 0. The maximum Gasteiger partial charge on any atom is 0.118 e. The van der Waals surface area contributed by atoms with Gasteiger partial charge in [0.15, 0.2) is 0 Å². The Morgan fingerprint density at radius 2 is 0.750 bits per heavy atom. The van der Waals surface area contributed by atoms with Gasteiger partial charge in [-0.05, 0) is 165 Å². The van der Waals surface area contributed by atoms with Crippen molar-refractivity contribution in [3.63, 3.8) is 0 Å². The second-order valence-corrected chi connectivity index (χ2v) is 15.6. The summed E-state index contributed by atoms with van der Waals surface area (Å²) in [5.74, 6) is 2.55. The molecule has 6 rings (SSSR count). The minimum absolute atomic E-state index is 0.156. The van der Waals surface area contributed by atoms with Gasteiger partial charge in [0.25, 0.3) is 0 Å². The number of phenolic OH excluding ortho intramolecular Hbond substituents is 4. The van der Waals surface area contributed by atoms with Gasteiger partial charge in [-0.3, -0.25) is 0 Å². The molecule has 0 radical (unpaired) electrons. The summed E-state index contributed by atoms with van der Waals surface area (Å²) in [6, 6.07) is 24.5. The van der Waals surface area contributed by atoms with E-state index in [1.54, 1.807) is 0 Å². The predicted octanol–water partition coefficient (Wildman–Crippen LogP) is 10.8. The highest BCUT2D eigenvalue weighted by atomic mass is 16.3. The van der Waals surface area contributed by atoms with Gasteiger partial charge < -0.3 is 20.4 Å². The molecule has 0 bridgehead atoms. The molecule has 0 aliphatic heterocycles. The number of hydrogen-bond donors (Lipinski definition) is 4. The van der Waals surface area contributed by atoms with Crippen LogP contribution >= 0.6 is 0 Å². The van der Waals surface area contributed by atoms with Crippen molar-refractivity contribution in [3.8, 4) is 23.0 Å². The van der Waals surface area contributed by atoms with Crippen molar-refractivity contribution in [1.82, 2.24) is 0 Å². The first-order valence-corrected chi connectivity index (χ1v) is 18.0. The lowest BCUT2D eigenvalue weighted by atomic mass is 9.52. The van der Waals surface area contributed by atoms with Crippen LogP contribution in [0.2, 0.25) is 0 Å². The first kappa shape index (κ1) is 34.0. The summed E-state index contributed by atoms with van der Waals surface area (Å²) in [5, 5.41) is 41.5. The Morgan fingerprint density at radius 1 is 0.500 bits per heavy atom. The molecule has 2 aliphatic rings. The molecule has 0 aromatic heterocycles. The zero-order valence-electron chi connectivity index (χ0n) is 29.7. The van der Waals surface area contributed by atoms with Crippen LogP contribution in [0.25, 0.3) is 0 Å². The Labute approximate surface area is 287 Å². The average molecular weight is 647 g/mol. The summed E-state index contributed by atoms with van der Waals surface area (Å²) in [6.07, 6.45) is 9.86. The monoisotopic (exact) mass is 646 g/mol. The Kier molecular flexibility index (Phi) is 9.08. The number of phenols is 4. The van der Waals surface area contributed by atoms with Gasteiger partial charge in [0.05, 0.1) is 0 Å². The molecule has 2 saturated carbocycles. The Balaban J connectivity index is 1.29. The highest BCUT2D eigenvalue weighted by Gasteiger charge is 2.49. The molecule has 0 heterocycles. The SMILES string of the molecule is CCC(C)(C1CCC(c2ccc(O)c(C)c2)(c2ccc(O)c(C)c2)CC1)C1CCC(c2ccc(O)c(C)c2)(c2ccc(O)c(C)c2)CC1. The van der Waals surface area contributed by atoms with Gasteiger partial charge in [-0.25, -0.2) is 0 Å². The van der Waals surface area contributed by atoms with Gasteiger partial charge in [0.2, 0.25) is 0 Å².